The fourth-order valence-corrected chi connectivity index (χ4v) is 6.09. The van der Waals surface area contributed by atoms with Crippen molar-refractivity contribution in [2.75, 3.05) is 7.05 Å². The normalized spacial score (nSPS) is 22.4. The zero-order valence-electron chi connectivity index (χ0n) is 20.4. The molecule has 3 aliphatic rings. The zero-order chi connectivity index (χ0) is 27.3. The molecule has 2 atom stereocenters. The van der Waals surface area contributed by atoms with Gasteiger partial charge in [-0.3, -0.25) is 4.79 Å². The number of benzene rings is 1. The number of hydrogen-bond donors (Lipinski definition) is 1. The Labute approximate surface area is 218 Å². The van der Waals surface area contributed by atoms with E-state index >= 15 is 0 Å². The highest BCUT2D eigenvalue weighted by atomic mass is 19.3. The van der Waals surface area contributed by atoms with E-state index in [1.807, 2.05) is 0 Å². The second-order valence-electron chi connectivity index (χ2n) is 10.3. The van der Waals surface area contributed by atoms with Gasteiger partial charge in [0, 0.05) is 60.5 Å². The second kappa shape index (κ2) is 7.94. The van der Waals surface area contributed by atoms with Crippen molar-refractivity contribution >= 4 is 11.4 Å². The lowest BCUT2D eigenvalue weighted by Crippen LogP contribution is -2.50. The van der Waals surface area contributed by atoms with Crippen molar-refractivity contribution in [1.82, 2.24) is 29.5 Å². The molecule has 1 saturated carbocycles. The fraction of sp³-hybridized carbons (Fsp3) is 0.346. The van der Waals surface area contributed by atoms with E-state index in [1.165, 1.54) is 30.9 Å². The Hall–Kier alpha value is -4.13. The Morgan fingerprint density at radius 3 is 2.56 bits per heavy atom. The second-order valence-corrected chi connectivity index (χ2v) is 10.3. The van der Waals surface area contributed by atoms with Crippen LogP contribution in [0.1, 0.15) is 64.2 Å². The number of nitrogens with zero attached hydrogens (tertiary/aromatic N) is 6. The van der Waals surface area contributed by atoms with Gasteiger partial charge in [-0.15, -0.1) is 0 Å². The standard InChI is InChI=1S/C26H20F4N6O3/c1-35-17-5-14(19-13(22(35)37)3-2-4-18(19)39-24(27)28)20-16-6-15(33-11-36(16)34-21(17)20)12-7-31-23(32-8-12)25(38)9-26(29,30)10-25/h2-4,6-8,11,14,17,24,38H,5,9-10H2,1H3/t14-,17-/m1/s1. The van der Waals surface area contributed by atoms with Gasteiger partial charge in [-0.2, -0.15) is 13.9 Å². The maximum atomic E-state index is 13.3. The third-order valence-corrected chi connectivity index (χ3v) is 7.83. The smallest absolute Gasteiger partial charge is 0.387 e. The van der Waals surface area contributed by atoms with Crippen LogP contribution in [0.4, 0.5) is 17.6 Å². The lowest BCUT2D eigenvalue weighted by molar-refractivity contribution is -0.214. The van der Waals surface area contributed by atoms with Gasteiger partial charge in [-0.25, -0.2) is 28.2 Å². The summed E-state index contributed by atoms with van der Waals surface area (Å²) in [5.74, 6) is -3.82. The van der Waals surface area contributed by atoms with Crippen LogP contribution in [0, 0.1) is 0 Å². The molecule has 0 radical (unpaired) electrons. The zero-order valence-corrected chi connectivity index (χ0v) is 20.4. The third-order valence-electron chi connectivity index (χ3n) is 7.83. The maximum absolute atomic E-state index is 13.3. The number of carbonyl (C=O) groups is 1. The van der Waals surface area contributed by atoms with Crippen molar-refractivity contribution < 1.29 is 32.2 Å². The largest absolute Gasteiger partial charge is 0.434 e. The molecule has 1 aromatic carbocycles. The molecule has 0 saturated heterocycles. The van der Waals surface area contributed by atoms with Gasteiger partial charge in [0.2, 0.25) is 0 Å². The molecular weight excluding hydrogens is 520 g/mol. The summed E-state index contributed by atoms with van der Waals surface area (Å²) in [5.41, 5.74) is 1.95. The van der Waals surface area contributed by atoms with Crippen LogP contribution >= 0.6 is 0 Å². The van der Waals surface area contributed by atoms with E-state index in [2.05, 4.69) is 20.1 Å². The molecule has 200 valence electrons. The quantitative estimate of drug-likeness (QED) is 0.389. The minimum atomic E-state index is -3.06. The lowest BCUT2D eigenvalue weighted by Gasteiger charge is -2.41. The van der Waals surface area contributed by atoms with Gasteiger partial charge in [0.25, 0.3) is 11.8 Å². The first-order chi connectivity index (χ1) is 18.5. The number of hydrogen-bond acceptors (Lipinski definition) is 7. The highest BCUT2D eigenvalue weighted by molar-refractivity contribution is 5.98. The van der Waals surface area contributed by atoms with Gasteiger partial charge in [0.1, 0.15) is 17.7 Å². The SMILES string of the molecule is CN1C(=O)c2cccc(OC(F)F)c2[C@H]2C[C@@H]1c1nn3cnc(-c4cnc(C5(O)CC(F)(F)C5)nc4)cc3c12. The number of fused-ring (bicyclic) bond motifs is 9. The van der Waals surface area contributed by atoms with E-state index in [9.17, 15) is 27.5 Å². The molecule has 3 aromatic heterocycles. The van der Waals surface area contributed by atoms with Crippen molar-refractivity contribution in [2.45, 2.75) is 49.4 Å². The van der Waals surface area contributed by atoms with Crippen molar-refractivity contribution in [3.8, 4) is 17.0 Å². The van der Waals surface area contributed by atoms with Crippen LogP contribution in [-0.4, -0.2) is 60.1 Å². The van der Waals surface area contributed by atoms with Crippen molar-refractivity contribution in [3.05, 3.63) is 71.2 Å². The van der Waals surface area contributed by atoms with E-state index in [4.69, 9.17) is 4.74 Å². The van der Waals surface area contributed by atoms with Gasteiger partial charge in [0.05, 0.1) is 22.9 Å². The highest BCUT2D eigenvalue weighted by Crippen LogP contribution is 2.54. The lowest BCUT2D eigenvalue weighted by atomic mass is 9.76. The van der Waals surface area contributed by atoms with Crippen LogP contribution in [0.15, 0.2) is 43.0 Å². The molecule has 1 aliphatic heterocycles. The third kappa shape index (κ3) is 3.52. The Bertz CT molecular complexity index is 1650. The number of aromatic nitrogens is 5. The topological polar surface area (TPSA) is 106 Å². The van der Waals surface area contributed by atoms with Gasteiger partial charge >= 0.3 is 6.61 Å². The number of halogens is 4. The summed E-state index contributed by atoms with van der Waals surface area (Å²) in [6.07, 6.45) is 3.30. The van der Waals surface area contributed by atoms with E-state index in [0.29, 0.717) is 40.0 Å². The summed E-state index contributed by atoms with van der Waals surface area (Å²) >= 11 is 0. The minimum absolute atomic E-state index is 0.0557. The van der Waals surface area contributed by atoms with E-state index in [0.717, 1.165) is 5.56 Å². The fourth-order valence-electron chi connectivity index (χ4n) is 6.09. The monoisotopic (exact) mass is 540 g/mol. The van der Waals surface area contributed by atoms with E-state index in [-0.39, 0.29) is 23.5 Å². The van der Waals surface area contributed by atoms with Crippen LogP contribution in [0.2, 0.25) is 0 Å². The molecule has 39 heavy (non-hydrogen) atoms. The summed E-state index contributed by atoms with van der Waals surface area (Å²) in [4.78, 5) is 27.5. The summed E-state index contributed by atoms with van der Waals surface area (Å²) in [7, 11) is 1.66. The molecule has 7 rings (SSSR count). The summed E-state index contributed by atoms with van der Waals surface area (Å²) in [5, 5.41) is 15.1. The molecule has 2 bridgehead atoms. The number of alkyl halides is 4. The summed E-state index contributed by atoms with van der Waals surface area (Å²) < 4.78 is 59.7. The Balaban J connectivity index is 1.33. The Kier molecular flexibility index (Phi) is 4.88. The molecule has 0 unspecified atom stereocenters. The summed E-state index contributed by atoms with van der Waals surface area (Å²) in [6.45, 7) is -3.06. The average Bonchev–Trinajstić information content (AvgIpc) is 3.40. The van der Waals surface area contributed by atoms with Gasteiger partial charge in [-0.1, -0.05) is 6.07 Å². The van der Waals surface area contributed by atoms with Crippen LogP contribution in [-0.2, 0) is 5.60 Å². The van der Waals surface area contributed by atoms with Gasteiger partial charge in [-0.05, 0) is 24.6 Å². The van der Waals surface area contributed by atoms with E-state index < -0.39 is 36.9 Å². The Morgan fingerprint density at radius 2 is 1.87 bits per heavy atom. The molecule has 1 N–H and O–H groups in total. The highest BCUT2D eigenvalue weighted by Gasteiger charge is 2.58. The number of rotatable bonds is 4. The molecule has 1 amide bonds. The van der Waals surface area contributed by atoms with Crippen molar-refractivity contribution in [3.63, 3.8) is 0 Å². The van der Waals surface area contributed by atoms with Crippen LogP contribution in [0.5, 0.6) is 5.75 Å². The molecule has 4 heterocycles. The van der Waals surface area contributed by atoms with Gasteiger partial charge < -0.3 is 14.7 Å². The Morgan fingerprint density at radius 1 is 1.13 bits per heavy atom. The number of ether oxygens (including phenoxy) is 1. The van der Waals surface area contributed by atoms with Crippen molar-refractivity contribution in [1.29, 1.82) is 0 Å². The molecule has 13 heteroatoms. The van der Waals surface area contributed by atoms with Crippen LogP contribution in [0.3, 0.4) is 0 Å². The van der Waals surface area contributed by atoms with Gasteiger partial charge in [0.15, 0.2) is 5.82 Å². The number of carbonyl (C=O) groups excluding carboxylic acids is 1. The molecule has 0 spiro atoms. The predicted octanol–water partition coefficient (Wildman–Crippen LogP) is 4.07. The molecule has 4 aromatic rings. The van der Waals surface area contributed by atoms with Crippen LogP contribution in [0.25, 0.3) is 16.8 Å². The van der Waals surface area contributed by atoms with Crippen LogP contribution < -0.4 is 4.74 Å². The minimum Gasteiger partial charge on any atom is -0.434 e. The summed E-state index contributed by atoms with van der Waals surface area (Å²) in [6, 6.07) is 5.93. The molecule has 9 nitrogen and oxygen atoms in total. The molecule has 1 fully saturated rings. The van der Waals surface area contributed by atoms with E-state index in [1.54, 1.807) is 28.6 Å². The number of aliphatic hydroxyl groups is 1. The average molecular weight is 540 g/mol. The first kappa shape index (κ1) is 23.9. The van der Waals surface area contributed by atoms with Crippen molar-refractivity contribution in [2.24, 2.45) is 0 Å². The first-order valence-electron chi connectivity index (χ1n) is 12.2. The predicted molar refractivity (Wildman–Crippen MR) is 126 cm³/mol. The first-order valence-corrected chi connectivity index (χ1v) is 12.2. The molecule has 2 aliphatic carbocycles. The molecular formula is C26H20F4N6O3. The number of amides is 1. The maximum Gasteiger partial charge on any atom is 0.387 e.